The number of anilines is 1. The monoisotopic (exact) mass is 286 g/mol. The van der Waals surface area contributed by atoms with Crippen LogP contribution in [-0.2, 0) is 4.74 Å². The zero-order valence-corrected chi connectivity index (χ0v) is 12.4. The number of primary amides is 1. The summed E-state index contributed by atoms with van der Waals surface area (Å²) in [5.74, 6) is 5.77. The molecule has 21 heavy (non-hydrogen) atoms. The number of carbonyl (C=O) groups excluding carboxylic acids is 1. The molecule has 0 spiro atoms. The van der Waals surface area contributed by atoms with Crippen LogP contribution in [0, 0.1) is 11.8 Å². The van der Waals surface area contributed by atoms with E-state index in [-0.39, 0.29) is 6.04 Å². The SMILES string of the molecule is CCCCC#Cc1ccc(NC2CCOC2)c(C(N)=O)c1. The van der Waals surface area contributed by atoms with Gasteiger partial charge in [-0.15, -0.1) is 0 Å². The van der Waals surface area contributed by atoms with Crippen LogP contribution in [0.5, 0.6) is 0 Å². The topological polar surface area (TPSA) is 64.3 Å². The van der Waals surface area contributed by atoms with Crippen LogP contribution in [0.3, 0.4) is 0 Å². The zero-order valence-electron chi connectivity index (χ0n) is 12.4. The van der Waals surface area contributed by atoms with Crippen LogP contribution in [0.2, 0.25) is 0 Å². The van der Waals surface area contributed by atoms with Gasteiger partial charge in [0.2, 0.25) is 0 Å². The van der Waals surface area contributed by atoms with E-state index in [1.54, 1.807) is 6.07 Å². The summed E-state index contributed by atoms with van der Waals surface area (Å²) in [5, 5.41) is 3.32. The van der Waals surface area contributed by atoms with Crippen LogP contribution in [0.1, 0.15) is 48.5 Å². The van der Waals surface area contributed by atoms with Crippen molar-refractivity contribution in [2.45, 2.75) is 38.6 Å². The Kier molecular flexibility index (Phi) is 5.65. The van der Waals surface area contributed by atoms with Gasteiger partial charge in [-0.3, -0.25) is 4.79 Å². The van der Waals surface area contributed by atoms with Crippen LogP contribution in [-0.4, -0.2) is 25.2 Å². The summed E-state index contributed by atoms with van der Waals surface area (Å²) in [7, 11) is 0. The molecule has 3 N–H and O–H groups in total. The molecule has 1 amide bonds. The fourth-order valence-electron chi connectivity index (χ4n) is 2.25. The van der Waals surface area contributed by atoms with Gasteiger partial charge in [0.05, 0.1) is 18.2 Å². The number of unbranched alkanes of at least 4 members (excludes halogenated alkanes) is 2. The quantitative estimate of drug-likeness (QED) is 0.646. The lowest BCUT2D eigenvalue weighted by atomic mass is 10.1. The minimum absolute atomic E-state index is 0.240. The lowest BCUT2D eigenvalue weighted by molar-refractivity contribution is 0.100. The van der Waals surface area contributed by atoms with Gasteiger partial charge in [0, 0.05) is 24.3 Å². The number of carbonyl (C=O) groups is 1. The number of ether oxygens (including phenoxy) is 1. The number of amides is 1. The van der Waals surface area contributed by atoms with Crippen LogP contribution in [0.25, 0.3) is 0 Å². The highest BCUT2D eigenvalue weighted by molar-refractivity contribution is 5.99. The van der Waals surface area contributed by atoms with Gasteiger partial charge >= 0.3 is 0 Å². The van der Waals surface area contributed by atoms with Crippen molar-refractivity contribution in [2.75, 3.05) is 18.5 Å². The summed E-state index contributed by atoms with van der Waals surface area (Å²) in [6.45, 7) is 3.56. The Bertz CT molecular complexity index is 552. The first-order valence-electron chi connectivity index (χ1n) is 7.47. The van der Waals surface area contributed by atoms with E-state index in [9.17, 15) is 4.79 Å². The molecule has 1 heterocycles. The highest BCUT2D eigenvalue weighted by Gasteiger charge is 2.17. The van der Waals surface area contributed by atoms with Crippen molar-refractivity contribution in [3.63, 3.8) is 0 Å². The lowest BCUT2D eigenvalue weighted by Gasteiger charge is -2.15. The van der Waals surface area contributed by atoms with Crippen molar-refractivity contribution in [1.29, 1.82) is 0 Å². The first kappa shape index (κ1) is 15.4. The number of rotatable bonds is 5. The second-order valence-electron chi connectivity index (χ2n) is 5.23. The smallest absolute Gasteiger partial charge is 0.250 e. The predicted octanol–water partition coefficient (Wildman–Crippen LogP) is 2.53. The normalized spacial score (nSPS) is 17.1. The highest BCUT2D eigenvalue weighted by Crippen LogP contribution is 2.20. The molecule has 0 saturated carbocycles. The fourth-order valence-corrected chi connectivity index (χ4v) is 2.25. The van der Waals surface area contributed by atoms with E-state index in [0.717, 1.165) is 43.5 Å². The first-order chi connectivity index (χ1) is 10.2. The van der Waals surface area contributed by atoms with Crippen molar-refractivity contribution in [2.24, 2.45) is 5.73 Å². The molecule has 1 saturated heterocycles. The summed E-state index contributed by atoms with van der Waals surface area (Å²) < 4.78 is 5.33. The van der Waals surface area contributed by atoms with Crippen LogP contribution in [0.15, 0.2) is 18.2 Å². The van der Waals surface area contributed by atoms with Gasteiger partial charge in [-0.1, -0.05) is 25.2 Å². The van der Waals surface area contributed by atoms with E-state index in [0.29, 0.717) is 12.2 Å². The molecule has 0 radical (unpaired) electrons. The van der Waals surface area contributed by atoms with E-state index < -0.39 is 5.91 Å². The summed E-state index contributed by atoms with van der Waals surface area (Å²) in [5.41, 5.74) is 7.55. The molecule has 4 heteroatoms. The molecule has 1 aromatic carbocycles. The van der Waals surface area contributed by atoms with E-state index in [4.69, 9.17) is 10.5 Å². The third-order valence-corrected chi connectivity index (χ3v) is 3.46. The summed E-state index contributed by atoms with van der Waals surface area (Å²) >= 11 is 0. The third kappa shape index (κ3) is 4.51. The Labute approximate surface area is 126 Å². The molecule has 1 aromatic rings. The number of hydrogen-bond acceptors (Lipinski definition) is 3. The van der Waals surface area contributed by atoms with E-state index in [1.165, 1.54) is 0 Å². The molecule has 0 aliphatic carbocycles. The molecule has 1 aliphatic heterocycles. The average molecular weight is 286 g/mol. The van der Waals surface area contributed by atoms with E-state index >= 15 is 0 Å². The lowest BCUT2D eigenvalue weighted by Crippen LogP contribution is -2.22. The van der Waals surface area contributed by atoms with Crippen LogP contribution >= 0.6 is 0 Å². The molecule has 0 bridgehead atoms. The van der Waals surface area contributed by atoms with Crippen molar-refractivity contribution in [3.8, 4) is 11.8 Å². The maximum atomic E-state index is 11.6. The number of benzene rings is 1. The van der Waals surface area contributed by atoms with Gasteiger partial charge in [-0.25, -0.2) is 0 Å². The molecule has 1 unspecified atom stereocenters. The summed E-state index contributed by atoms with van der Waals surface area (Å²) in [6.07, 6.45) is 4.04. The molecule has 2 rings (SSSR count). The maximum Gasteiger partial charge on any atom is 0.250 e. The Morgan fingerprint density at radius 3 is 3.05 bits per heavy atom. The number of nitrogens with two attached hydrogens (primary N) is 1. The van der Waals surface area contributed by atoms with Crippen molar-refractivity contribution >= 4 is 11.6 Å². The third-order valence-electron chi connectivity index (χ3n) is 3.46. The Morgan fingerprint density at radius 2 is 2.38 bits per heavy atom. The fraction of sp³-hybridized carbons (Fsp3) is 0.471. The van der Waals surface area contributed by atoms with E-state index in [2.05, 4.69) is 24.1 Å². The molecule has 112 valence electrons. The van der Waals surface area contributed by atoms with Gasteiger partial charge < -0.3 is 15.8 Å². The molecule has 1 atom stereocenters. The molecule has 1 fully saturated rings. The van der Waals surface area contributed by atoms with Crippen molar-refractivity contribution < 1.29 is 9.53 Å². The maximum absolute atomic E-state index is 11.6. The summed E-state index contributed by atoms with van der Waals surface area (Å²) in [4.78, 5) is 11.6. The highest BCUT2D eigenvalue weighted by atomic mass is 16.5. The Balaban J connectivity index is 2.13. The number of nitrogens with one attached hydrogen (secondary N) is 1. The van der Waals surface area contributed by atoms with Gasteiger partial charge in [0.25, 0.3) is 5.91 Å². The largest absolute Gasteiger partial charge is 0.379 e. The minimum Gasteiger partial charge on any atom is -0.379 e. The van der Waals surface area contributed by atoms with E-state index in [1.807, 2.05) is 12.1 Å². The molecule has 0 aromatic heterocycles. The zero-order chi connectivity index (χ0) is 15.1. The molecule has 4 nitrogen and oxygen atoms in total. The Morgan fingerprint density at radius 1 is 1.52 bits per heavy atom. The second kappa shape index (κ2) is 7.70. The van der Waals surface area contributed by atoms with Crippen molar-refractivity contribution in [3.05, 3.63) is 29.3 Å². The van der Waals surface area contributed by atoms with Gasteiger partial charge in [0.1, 0.15) is 0 Å². The second-order valence-corrected chi connectivity index (χ2v) is 5.23. The molecular formula is C17H22N2O2. The molecular weight excluding hydrogens is 264 g/mol. The van der Waals surface area contributed by atoms with Gasteiger partial charge in [0.15, 0.2) is 0 Å². The first-order valence-corrected chi connectivity index (χ1v) is 7.47. The standard InChI is InChI=1S/C17H22N2O2/c1-2-3-4-5-6-13-7-8-16(15(11-13)17(18)20)19-14-9-10-21-12-14/h7-8,11,14,19H,2-4,9-10,12H2,1H3,(H2,18,20). The van der Waals surface area contributed by atoms with Crippen LogP contribution < -0.4 is 11.1 Å². The number of hydrogen-bond donors (Lipinski definition) is 2. The van der Waals surface area contributed by atoms with Crippen LogP contribution in [0.4, 0.5) is 5.69 Å². The van der Waals surface area contributed by atoms with Gasteiger partial charge in [-0.2, -0.15) is 0 Å². The molecule has 1 aliphatic rings. The predicted molar refractivity (Wildman–Crippen MR) is 84.2 cm³/mol. The average Bonchev–Trinajstić information content (AvgIpc) is 2.97. The summed E-state index contributed by atoms with van der Waals surface area (Å²) in [6, 6.07) is 5.80. The van der Waals surface area contributed by atoms with Gasteiger partial charge in [-0.05, 0) is 31.0 Å². The minimum atomic E-state index is -0.436. The Hall–Kier alpha value is -1.99. The van der Waals surface area contributed by atoms with Crippen molar-refractivity contribution in [1.82, 2.24) is 0 Å².